The van der Waals surface area contributed by atoms with Gasteiger partial charge in [0.2, 0.25) is 0 Å². The molecule has 36 heavy (non-hydrogen) atoms. The minimum atomic E-state index is -3.03. The number of H-pyrrole nitrogens is 1. The number of carbonyl (C=O) groups is 1. The lowest BCUT2D eigenvalue weighted by molar-refractivity contribution is -0.0744. The van der Waals surface area contributed by atoms with Crippen LogP contribution in [0.15, 0.2) is 46.1 Å². The van der Waals surface area contributed by atoms with Gasteiger partial charge in [-0.1, -0.05) is 18.9 Å². The molecule has 1 amide bonds. The standard InChI is InChI=1S/C22H27IN3O9P/c23-15-7-5-6-14(12-15)20(29)24-9-3-1-2-4-11-33-19-18(35-36(31)32)16(13-27)34-21(19)26-10-8-17(28)25-22(26)30/h5-8,10,12,16,18-19,21,27H,1-4,9,11,13H2,(H2-,24,25,28,29,30,31,32)/p+1/t16-,18?,19+,21-/m1/s1. The van der Waals surface area contributed by atoms with Crippen LogP contribution in [0.5, 0.6) is 0 Å². The van der Waals surface area contributed by atoms with Crippen LogP contribution in [0.2, 0.25) is 0 Å². The van der Waals surface area contributed by atoms with E-state index >= 15 is 0 Å². The van der Waals surface area contributed by atoms with Gasteiger partial charge in [-0.15, -0.1) is 9.42 Å². The molecule has 2 unspecified atom stereocenters. The second-order valence-corrected chi connectivity index (χ2v) is 10.0. The number of amides is 1. The molecule has 14 heteroatoms. The Kier molecular flexibility index (Phi) is 11.2. The number of rotatable bonds is 13. The SMILES string of the molecule is O=C(NCCCCCCO[C@H]1C(O[P+](=O)O)[C@@H](CO)O[C@H]1n1ccc(=O)[nH]c1=O)c1cccc(I)c1. The number of nitrogens with one attached hydrogen (secondary N) is 2. The van der Waals surface area contributed by atoms with Gasteiger partial charge in [-0.2, -0.15) is 0 Å². The van der Waals surface area contributed by atoms with Gasteiger partial charge >= 0.3 is 13.9 Å². The Morgan fingerprint density at radius 1 is 1.19 bits per heavy atom. The summed E-state index contributed by atoms with van der Waals surface area (Å²) in [4.78, 5) is 47.2. The molecule has 12 nitrogen and oxygen atoms in total. The summed E-state index contributed by atoms with van der Waals surface area (Å²) in [6.07, 6.45) is 0.0818. The van der Waals surface area contributed by atoms with E-state index < -0.39 is 50.7 Å². The maximum absolute atomic E-state index is 12.3. The first-order valence-corrected chi connectivity index (χ1v) is 13.6. The molecule has 1 fully saturated rings. The molecule has 196 valence electrons. The summed E-state index contributed by atoms with van der Waals surface area (Å²) in [5, 5.41) is 12.5. The number of aromatic nitrogens is 2. The topological polar surface area (TPSA) is 169 Å². The average molecular weight is 636 g/mol. The Balaban J connectivity index is 1.49. The smallest absolute Gasteiger partial charge is 0.394 e. The van der Waals surface area contributed by atoms with E-state index in [0.717, 1.165) is 33.5 Å². The van der Waals surface area contributed by atoms with E-state index in [4.69, 9.17) is 14.0 Å². The maximum atomic E-state index is 12.3. The zero-order chi connectivity index (χ0) is 26.1. The highest BCUT2D eigenvalue weighted by atomic mass is 127. The molecule has 4 N–H and O–H groups in total. The molecule has 3 rings (SSSR count). The number of aromatic amines is 1. The third kappa shape index (κ3) is 8.00. The number of hydrogen-bond donors (Lipinski definition) is 4. The lowest BCUT2D eigenvalue weighted by Crippen LogP contribution is -2.40. The number of nitrogens with zero attached hydrogens (tertiary/aromatic N) is 1. The molecule has 1 aromatic carbocycles. The van der Waals surface area contributed by atoms with E-state index in [1.54, 1.807) is 6.07 Å². The number of aliphatic hydroxyl groups is 1. The van der Waals surface area contributed by atoms with Gasteiger partial charge in [0, 0.05) is 39.1 Å². The first-order valence-electron chi connectivity index (χ1n) is 11.4. The van der Waals surface area contributed by atoms with Crippen molar-refractivity contribution in [1.29, 1.82) is 0 Å². The van der Waals surface area contributed by atoms with Crippen molar-refractivity contribution in [3.63, 3.8) is 0 Å². The highest BCUT2D eigenvalue weighted by Gasteiger charge is 2.51. The Morgan fingerprint density at radius 2 is 1.97 bits per heavy atom. The first-order chi connectivity index (χ1) is 17.3. The molecule has 0 saturated carbocycles. The number of benzene rings is 1. The predicted octanol–water partition coefficient (Wildman–Crippen LogP) is 1.44. The molecule has 2 aromatic rings. The van der Waals surface area contributed by atoms with Crippen molar-refractivity contribution >= 4 is 36.8 Å². The Bertz CT molecular complexity index is 1160. The molecule has 0 radical (unpaired) electrons. The molecule has 2 heterocycles. The molecular weight excluding hydrogens is 608 g/mol. The summed E-state index contributed by atoms with van der Waals surface area (Å²) < 4.78 is 30.0. The molecule has 5 atom stereocenters. The predicted molar refractivity (Wildman–Crippen MR) is 137 cm³/mol. The third-order valence-electron chi connectivity index (χ3n) is 5.56. The third-order valence-corrected chi connectivity index (χ3v) is 6.65. The van der Waals surface area contributed by atoms with Crippen LogP contribution in [0, 0.1) is 3.57 Å². The van der Waals surface area contributed by atoms with Gasteiger partial charge in [0.05, 0.1) is 6.61 Å². The number of carbonyl (C=O) groups excluding carboxylic acids is 1. The lowest BCUT2D eigenvalue weighted by atomic mass is 10.1. The second-order valence-electron chi connectivity index (χ2n) is 8.09. The Labute approximate surface area is 221 Å². The van der Waals surface area contributed by atoms with Crippen LogP contribution in [0.3, 0.4) is 0 Å². The molecule has 1 aliphatic rings. The molecular formula is C22H28IN3O9P+. The van der Waals surface area contributed by atoms with Crippen LogP contribution < -0.4 is 16.6 Å². The summed E-state index contributed by atoms with van der Waals surface area (Å²) in [5.74, 6) is -0.117. The maximum Gasteiger partial charge on any atom is 0.695 e. The van der Waals surface area contributed by atoms with Gasteiger partial charge in [-0.05, 0) is 53.6 Å². The number of aliphatic hydroxyl groups excluding tert-OH is 1. The van der Waals surface area contributed by atoms with Crippen LogP contribution in [0.4, 0.5) is 0 Å². The minimum Gasteiger partial charge on any atom is -0.394 e. The van der Waals surface area contributed by atoms with Crippen molar-refractivity contribution < 1.29 is 33.4 Å². The number of ether oxygens (including phenoxy) is 2. The summed E-state index contributed by atoms with van der Waals surface area (Å²) in [6, 6.07) is 8.47. The highest BCUT2D eigenvalue weighted by molar-refractivity contribution is 14.1. The summed E-state index contributed by atoms with van der Waals surface area (Å²) in [5.41, 5.74) is -0.724. The Morgan fingerprint density at radius 3 is 2.67 bits per heavy atom. The zero-order valence-corrected chi connectivity index (χ0v) is 22.3. The van der Waals surface area contributed by atoms with Gasteiger partial charge in [0.1, 0.15) is 12.2 Å². The quantitative estimate of drug-likeness (QED) is 0.144. The molecule has 0 aliphatic carbocycles. The Hall–Kier alpha value is -2.00. The van der Waals surface area contributed by atoms with Gasteiger partial charge in [0.25, 0.3) is 11.5 Å². The van der Waals surface area contributed by atoms with Gasteiger partial charge < -0.3 is 19.9 Å². The number of halogens is 1. The largest absolute Gasteiger partial charge is 0.695 e. The van der Waals surface area contributed by atoms with E-state index in [1.165, 1.54) is 6.20 Å². The van der Waals surface area contributed by atoms with Crippen molar-refractivity contribution in [2.45, 2.75) is 50.2 Å². The fourth-order valence-electron chi connectivity index (χ4n) is 3.85. The van der Waals surface area contributed by atoms with E-state index in [9.17, 15) is 28.9 Å². The molecule has 1 aromatic heterocycles. The monoisotopic (exact) mass is 636 g/mol. The van der Waals surface area contributed by atoms with E-state index in [-0.39, 0.29) is 12.5 Å². The molecule has 0 spiro atoms. The second kappa shape index (κ2) is 14.1. The number of hydrogen-bond acceptors (Lipinski definition) is 8. The molecule has 1 saturated heterocycles. The van der Waals surface area contributed by atoms with E-state index in [0.29, 0.717) is 18.5 Å². The fraction of sp³-hybridized carbons (Fsp3) is 0.500. The van der Waals surface area contributed by atoms with E-state index in [1.807, 2.05) is 18.2 Å². The normalized spacial score (nSPS) is 21.9. The number of unbranched alkanes of at least 4 members (excludes halogenated alkanes) is 3. The molecule has 0 bridgehead atoms. The molecule has 1 aliphatic heterocycles. The van der Waals surface area contributed by atoms with Crippen LogP contribution in [-0.2, 0) is 18.6 Å². The van der Waals surface area contributed by atoms with Crippen molar-refractivity contribution in [2.75, 3.05) is 19.8 Å². The van der Waals surface area contributed by atoms with Gasteiger partial charge in [-0.3, -0.25) is 19.1 Å². The van der Waals surface area contributed by atoms with Crippen molar-refractivity contribution in [1.82, 2.24) is 14.9 Å². The van der Waals surface area contributed by atoms with Crippen LogP contribution in [0.25, 0.3) is 0 Å². The van der Waals surface area contributed by atoms with Gasteiger partial charge in [-0.25, -0.2) is 4.79 Å². The fourth-order valence-corrected chi connectivity index (χ4v) is 4.86. The minimum absolute atomic E-state index is 0.117. The summed E-state index contributed by atoms with van der Waals surface area (Å²) in [7, 11) is -3.03. The van der Waals surface area contributed by atoms with Crippen molar-refractivity contribution in [2.24, 2.45) is 0 Å². The average Bonchev–Trinajstić information content (AvgIpc) is 3.16. The zero-order valence-electron chi connectivity index (χ0n) is 19.2. The van der Waals surface area contributed by atoms with Crippen LogP contribution in [0.1, 0.15) is 42.3 Å². The summed E-state index contributed by atoms with van der Waals surface area (Å²) in [6.45, 7) is 0.240. The lowest BCUT2D eigenvalue weighted by Gasteiger charge is -2.22. The van der Waals surface area contributed by atoms with Crippen molar-refractivity contribution in [3.05, 3.63) is 66.5 Å². The van der Waals surface area contributed by atoms with Crippen molar-refractivity contribution in [3.8, 4) is 0 Å². The van der Waals surface area contributed by atoms with Crippen LogP contribution >= 0.6 is 30.8 Å². The van der Waals surface area contributed by atoms with Crippen LogP contribution in [-0.4, -0.2) is 63.5 Å². The van der Waals surface area contributed by atoms with E-state index in [2.05, 4.69) is 32.9 Å². The first kappa shape index (κ1) is 28.6. The summed E-state index contributed by atoms with van der Waals surface area (Å²) >= 11 is 2.16. The highest BCUT2D eigenvalue weighted by Crippen LogP contribution is 2.37. The van der Waals surface area contributed by atoms with Gasteiger partial charge in [0.15, 0.2) is 12.3 Å².